The lowest BCUT2D eigenvalue weighted by molar-refractivity contribution is -0.147. The summed E-state index contributed by atoms with van der Waals surface area (Å²) in [4.78, 5) is 34.4. The van der Waals surface area contributed by atoms with E-state index in [-0.39, 0.29) is 18.2 Å². The molecule has 0 aromatic rings. The summed E-state index contributed by atoms with van der Waals surface area (Å²) in [5.74, 6) is -3.01. The molecule has 4 atom stereocenters. The lowest BCUT2D eigenvalue weighted by atomic mass is 9.84. The number of aliphatic hydroxyl groups is 1. The molecule has 1 aliphatic rings. The van der Waals surface area contributed by atoms with Crippen LogP contribution in [-0.4, -0.2) is 41.1 Å². The summed E-state index contributed by atoms with van der Waals surface area (Å²) in [6.07, 6.45) is 3.51. The Bertz CT molecular complexity index is 403. The van der Waals surface area contributed by atoms with E-state index in [9.17, 15) is 24.6 Å². The van der Waals surface area contributed by atoms with Crippen molar-refractivity contribution in [2.75, 3.05) is 7.11 Å². The third-order valence-electron chi connectivity index (χ3n) is 4.52. The lowest BCUT2D eigenvalue weighted by Gasteiger charge is -2.21. The van der Waals surface area contributed by atoms with Crippen LogP contribution >= 0.6 is 0 Å². The second-order valence-electron chi connectivity index (χ2n) is 6.07. The van der Waals surface area contributed by atoms with Crippen molar-refractivity contribution in [1.82, 2.24) is 0 Å². The summed E-state index contributed by atoms with van der Waals surface area (Å²) < 4.78 is 4.55. The minimum Gasteiger partial charge on any atom is -0.481 e. The molecule has 0 saturated heterocycles. The third-order valence-corrected chi connectivity index (χ3v) is 4.52. The van der Waals surface area contributed by atoms with E-state index in [2.05, 4.69) is 4.74 Å². The summed E-state index contributed by atoms with van der Waals surface area (Å²) in [5.41, 5.74) is 0. The topological polar surface area (TPSA) is 101 Å². The molecular weight excluding hydrogens is 288 g/mol. The highest BCUT2D eigenvalue weighted by Crippen LogP contribution is 2.39. The first-order valence-corrected chi connectivity index (χ1v) is 7.88. The molecular formula is C16H26O6. The Morgan fingerprint density at radius 1 is 1.27 bits per heavy atom. The first-order chi connectivity index (χ1) is 10.4. The number of methoxy groups -OCH3 is 1. The molecule has 1 fully saturated rings. The number of hydrogen-bond acceptors (Lipinski definition) is 5. The second kappa shape index (κ2) is 8.88. The molecule has 0 spiro atoms. The molecule has 1 aliphatic carbocycles. The van der Waals surface area contributed by atoms with Gasteiger partial charge in [-0.1, -0.05) is 19.3 Å². The maximum atomic E-state index is 12.0. The van der Waals surface area contributed by atoms with Gasteiger partial charge in [-0.05, 0) is 19.8 Å². The van der Waals surface area contributed by atoms with Crippen LogP contribution in [0.1, 0.15) is 51.9 Å². The van der Waals surface area contributed by atoms with Gasteiger partial charge in [-0.2, -0.15) is 0 Å². The Hall–Kier alpha value is -1.43. The van der Waals surface area contributed by atoms with Crippen molar-refractivity contribution in [3.63, 3.8) is 0 Å². The minimum atomic E-state index is -0.993. The van der Waals surface area contributed by atoms with Crippen LogP contribution < -0.4 is 0 Å². The Balaban J connectivity index is 2.38. The first kappa shape index (κ1) is 18.6. The van der Waals surface area contributed by atoms with Crippen molar-refractivity contribution in [3.8, 4) is 0 Å². The van der Waals surface area contributed by atoms with Gasteiger partial charge in [-0.3, -0.25) is 14.4 Å². The van der Waals surface area contributed by atoms with E-state index in [1.165, 1.54) is 7.11 Å². The van der Waals surface area contributed by atoms with Crippen molar-refractivity contribution in [2.45, 2.75) is 58.0 Å². The maximum absolute atomic E-state index is 12.0. The molecule has 2 N–H and O–H groups in total. The van der Waals surface area contributed by atoms with Crippen LogP contribution in [0.25, 0.3) is 0 Å². The van der Waals surface area contributed by atoms with E-state index in [1.54, 1.807) is 6.92 Å². The zero-order valence-electron chi connectivity index (χ0n) is 13.3. The second-order valence-corrected chi connectivity index (χ2v) is 6.07. The Labute approximate surface area is 130 Å². The van der Waals surface area contributed by atoms with Gasteiger partial charge in [-0.25, -0.2) is 0 Å². The van der Waals surface area contributed by atoms with E-state index in [1.807, 2.05) is 0 Å². The summed E-state index contributed by atoms with van der Waals surface area (Å²) in [7, 11) is 1.36. The van der Waals surface area contributed by atoms with E-state index < -0.39 is 29.8 Å². The average molecular weight is 314 g/mol. The molecule has 6 heteroatoms. The molecule has 2 unspecified atom stereocenters. The molecule has 6 nitrogen and oxygen atoms in total. The van der Waals surface area contributed by atoms with Crippen molar-refractivity contribution in [3.05, 3.63) is 0 Å². The molecule has 0 amide bonds. The Morgan fingerprint density at radius 2 is 1.91 bits per heavy atom. The monoisotopic (exact) mass is 314 g/mol. The van der Waals surface area contributed by atoms with Gasteiger partial charge in [0.05, 0.1) is 19.1 Å². The van der Waals surface area contributed by atoms with E-state index in [0.29, 0.717) is 12.8 Å². The number of esters is 1. The van der Waals surface area contributed by atoms with Crippen LogP contribution in [0.3, 0.4) is 0 Å². The smallest absolute Gasteiger partial charge is 0.307 e. The summed E-state index contributed by atoms with van der Waals surface area (Å²) in [6.45, 7) is 1.54. The van der Waals surface area contributed by atoms with Gasteiger partial charge in [0.1, 0.15) is 5.78 Å². The largest absolute Gasteiger partial charge is 0.481 e. The maximum Gasteiger partial charge on any atom is 0.307 e. The highest BCUT2D eigenvalue weighted by Gasteiger charge is 2.47. The van der Waals surface area contributed by atoms with Gasteiger partial charge >= 0.3 is 11.9 Å². The van der Waals surface area contributed by atoms with Gasteiger partial charge in [-0.15, -0.1) is 0 Å². The zero-order chi connectivity index (χ0) is 16.7. The van der Waals surface area contributed by atoms with Gasteiger partial charge in [0.25, 0.3) is 0 Å². The fraction of sp³-hybridized carbons (Fsp3) is 0.812. The number of aliphatic carboxylic acids is 1. The predicted molar refractivity (Wildman–Crippen MR) is 79.1 cm³/mol. The van der Waals surface area contributed by atoms with Crippen LogP contribution in [0, 0.1) is 17.8 Å². The third kappa shape index (κ3) is 5.09. The van der Waals surface area contributed by atoms with E-state index in [0.717, 1.165) is 25.7 Å². The number of rotatable bonds is 9. The number of Topliss-reactive ketones (excluding diaryl/α,β-unsaturated/α-hetero) is 1. The molecule has 0 aliphatic heterocycles. The number of aliphatic hydroxyl groups excluding tert-OH is 1. The number of unbranched alkanes of at least 4 members (excludes halogenated alkanes) is 3. The fourth-order valence-electron chi connectivity index (χ4n) is 3.26. The molecule has 0 aromatic heterocycles. The number of ketones is 1. The number of carboxylic acid groups (broad SMARTS) is 1. The molecule has 0 heterocycles. The average Bonchev–Trinajstić information content (AvgIpc) is 2.79. The molecule has 1 rings (SSSR count). The first-order valence-electron chi connectivity index (χ1n) is 7.88. The van der Waals surface area contributed by atoms with Gasteiger partial charge in [0, 0.05) is 24.7 Å². The molecule has 126 valence electrons. The Morgan fingerprint density at radius 3 is 2.45 bits per heavy atom. The van der Waals surface area contributed by atoms with E-state index >= 15 is 0 Å². The van der Waals surface area contributed by atoms with Crippen LogP contribution in [-0.2, 0) is 19.1 Å². The highest BCUT2D eigenvalue weighted by molar-refractivity contribution is 5.90. The SMILES string of the molecule is COC(=O)CCCCCCC1C(=O)C[C@@H](C(C)O)[C@H]1C(=O)O. The number of carbonyl (C=O) groups excluding carboxylic acids is 2. The van der Waals surface area contributed by atoms with Gasteiger partial charge < -0.3 is 14.9 Å². The fourth-order valence-corrected chi connectivity index (χ4v) is 3.26. The molecule has 0 radical (unpaired) electrons. The summed E-state index contributed by atoms with van der Waals surface area (Å²) in [5, 5.41) is 19.0. The van der Waals surface area contributed by atoms with Gasteiger partial charge in [0.15, 0.2) is 0 Å². The quantitative estimate of drug-likeness (QED) is 0.497. The van der Waals surface area contributed by atoms with Crippen molar-refractivity contribution >= 4 is 17.7 Å². The van der Waals surface area contributed by atoms with Crippen molar-refractivity contribution in [1.29, 1.82) is 0 Å². The van der Waals surface area contributed by atoms with Crippen LogP contribution in [0.5, 0.6) is 0 Å². The van der Waals surface area contributed by atoms with Crippen LogP contribution in [0.15, 0.2) is 0 Å². The number of hydrogen-bond donors (Lipinski definition) is 2. The number of carboxylic acids is 1. The lowest BCUT2D eigenvalue weighted by Crippen LogP contribution is -2.31. The normalized spacial score (nSPS) is 26.0. The molecule has 0 bridgehead atoms. The Kier molecular flexibility index (Phi) is 7.51. The standard InChI is InChI=1S/C16H26O6/c1-10(17)12-9-13(18)11(15(12)16(20)21)7-5-3-4-6-8-14(19)22-2/h10-12,15,17H,3-9H2,1-2H3,(H,20,21)/t10?,11?,12-,15-/m0/s1. The van der Waals surface area contributed by atoms with Crippen molar-refractivity contribution < 1.29 is 29.3 Å². The molecule has 0 aromatic carbocycles. The summed E-state index contributed by atoms with van der Waals surface area (Å²) >= 11 is 0. The van der Waals surface area contributed by atoms with Gasteiger partial charge in [0.2, 0.25) is 0 Å². The highest BCUT2D eigenvalue weighted by atomic mass is 16.5. The zero-order valence-corrected chi connectivity index (χ0v) is 13.3. The predicted octanol–water partition coefficient (Wildman–Crippen LogP) is 1.79. The number of carbonyl (C=O) groups is 3. The van der Waals surface area contributed by atoms with E-state index in [4.69, 9.17) is 0 Å². The minimum absolute atomic E-state index is 0.0483. The van der Waals surface area contributed by atoms with Crippen molar-refractivity contribution in [2.24, 2.45) is 17.8 Å². The molecule has 1 saturated carbocycles. The number of ether oxygens (including phenoxy) is 1. The van der Waals surface area contributed by atoms with Crippen LogP contribution in [0.2, 0.25) is 0 Å². The molecule has 22 heavy (non-hydrogen) atoms. The van der Waals surface area contributed by atoms with Crippen LogP contribution in [0.4, 0.5) is 0 Å². The summed E-state index contributed by atoms with van der Waals surface area (Å²) in [6, 6.07) is 0.